The number of halogens is 1. The smallest absolute Gasteiger partial charge is 0.177 e. The maximum absolute atomic E-state index is 14.2. The van der Waals surface area contributed by atoms with Crippen LogP contribution in [-0.4, -0.2) is 16.9 Å². The Labute approximate surface area is 94.2 Å². The molecule has 1 aromatic carbocycles. The lowest BCUT2D eigenvalue weighted by Gasteiger charge is -2.23. The van der Waals surface area contributed by atoms with Crippen LogP contribution in [0.2, 0.25) is 0 Å². The van der Waals surface area contributed by atoms with Crippen LogP contribution in [0.1, 0.15) is 5.56 Å². The van der Waals surface area contributed by atoms with Crippen LogP contribution in [0.15, 0.2) is 60.7 Å². The number of aliphatic hydroxyl groups excluding tert-OH is 1. The molecule has 0 saturated heterocycles. The van der Waals surface area contributed by atoms with Gasteiger partial charge in [-0.3, -0.25) is 0 Å². The number of aliphatic hydroxyl groups is 1. The highest BCUT2D eigenvalue weighted by molar-refractivity contribution is 5.52. The highest BCUT2D eigenvalue weighted by Gasteiger charge is 2.32. The Morgan fingerprint density at radius 2 is 1.94 bits per heavy atom. The molecule has 1 aliphatic carbocycles. The molecule has 0 aliphatic heterocycles. The van der Waals surface area contributed by atoms with Gasteiger partial charge in [0, 0.05) is 0 Å². The summed E-state index contributed by atoms with van der Waals surface area (Å²) in [5, 5.41) is 9.54. The van der Waals surface area contributed by atoms with Crippen LogP contribution >= 0.6 is 0 Å². The highest BCUT2D eigenvalue weighted by atomic mass is 19.1. The summed E-state index contributed by atoms with van der Waals surface area (Å²) in [5.74, 6) is 0. The van der Waals surface area contributed by atoms with Gasteiger partial charge in [-0.25, -0.2) is 4.39 Å². The van der Waals surface area contributed by atoms with Crippen LogP contribution in [-0.2, 0) is 0 Å². The van der Waals surface area contributed by atoms with Gasteiger partial charge in [-0.1, -0.05) is 54.6 Å². The van der Waals surface area contributed by atoms with Crippen molar-refractivity contribution in [3.8, 4) is 0 Å². The maximum Gasteiger partial charge on any atom is 0.177 e. The van der Waals surface area contributed by atoms with Gasteiger partial charge < -0.3 is 5.11 Å². The van der Waals surface area contributed by atoms with Gasteiger partial charge in [0.05, 0.1) is 0 Å². The van der Waals surface area contributed by atoms with Crippen molar-refractivity contribution in [2.45, 2.75) is 11.8 Å². The fourth-order valence-corrected chi connectivity index (χ4v) is 1.56. The Hall–Kier alpha value is -1.67. The Morgan fingerprint density at radius 3 is 2.62 bits per heavy atom. The number of hydrogen-bond donors (Lipinski definition) is 1. The van der Waals surface area contributed by atoms with Crippen LogP contribution in [0.3, 0.4) is 0 Å². The molecular weight excluding hydrogens is 203 g/mol. The SMILES string of the molecule is OC1C=CC=CC1(F)C=Cc1ccccc1. The van der Waals surface area contributed by atoms with Crippen molar-refractivity contribution in [3.63, 3.8) is 0 Å². The van der Waals surface area contributed by atoms with E-state index < -0.39 is 11.8 Å². The summed E-state index contributed by atoms with van der Waals surface area (Å²) in [6, 6.07) is 9.44. The maximum atomic E-state index is 14.2. The summed E-state index contributed by atoms with van der Waals surface area (Å²) in [7, 11) is 0. The van der Waals surface area contributed by atoms with E-state index in [0.29, 0.717) is 0 Å². The van der Waals surface area contributed by atoms with Gasteiger partial charge in [0.1, 0.15) is 6.10 Å². The van der Waals surface area contributed by atoms with Gasteiger partial charge in [0.15, 0.2) is 5.67 Å². The lowest BCUT2D eigenvalue weighted by molar-refractivity contribution is 0.0926. The summed E-state index contributed by atoms with van der Waals surface area (Å²) in [6.45, 7) is 0. The lowest BCUT2D eigenvalue weighted by atomic mass is 9.93. The quantitative estimate of drug-likeness (QED) is 0.806. The third-order valence-electron chi connectivity index (χ3n) is 2.54. The third kappa shape index (κ3) is 2.28. The predicted octanol–water partition coefficient (Wildman–Crippen LogP) is 2.90. The summed E-state index contributed by atoms with van der Waals surface area (Å²) in [4.78, 5) is 0. The van der Waals surface area contributed by atoms with Gasteiger partial charge in [-0.05, 0) is 17.7 Å². The minimum atomic E-state index is -1.80. The third-order valence-corrected chi connectivity index (χ3v) is 2.54. The van der Waals surface area contributed by atoms with Gasteiger partial charge in [-0.15, -0.1) is 0 Å². The number of allylic oxidation sites excluding steroid dienone is 2. The van der Waals surface area contributed by atoms with Crippen LogP contribution < -0.4 is 0 Å². The lowest BCUT2D eigenvalue weighted by Crippen LogP contribution is -2.33. The zero-order valence-corrected chi connectivity index (χ0v) is 8.75. The molecule has 0 aromatic heterocycles. The molecule has 1 aliphatic rings. The normalized spacial score (nSPS) is 28.8. The van der Waals surface area contributed by atoms with Crippen molar-refractivity contribution < 1.29 is 9.50 Å². The predicted molar refractivity (Wildman–Crippen MR) is 63.6 cm³/mol. The second kappa shape index (κ2) is 4.45. The van der Waals surface area contributed by atoms with Crippen molar-refractivity contribution >= 4 is 6.08 Å². The molecule has 2 unspecified atom stereocenters. The first-order valence-electron chi connectivity index (χ1n) is 5.18. The van der Waals surface area contributed by atoms with E-state index in [4.69, 9.17) is 0 Å². The Balaban J connectivity index is 2.18. The van der Waals surface area contributed by atoms with Crippen molar-refractivity contribution in [2.24, 2.45) is 0 Å². The molecule has 0 radical (unpaired) electrons. The molecule has 2 atom stereocenters. The molecule has 16 heavy (non-hydrogen) atoms. The first-order valence-corrected chi connectivity index (χ1v) is 5.18. The number of alkyl halides is 1. The summed E-state index contributed by atoms with van der Waals surface area (Å²) >= 11 is 0. The second-order valence-electron chi connectivity index (χ2n) is 3.76. The average Bonchev–Trinajstić information content (AvgIpc) is 2.32. The molecule has 0 bridgehead atoms. The van der Waals surface area contributed by atoms with E-state index in [1.807, 2.05) is 30.3 Å². The van der Waals surface area contributed by atoms with Crippen LogP contribution in [0.5, 0.6) is 0 Å². The number of hydrogen-bond acceptors (Lipinski definition) is 1. The molecule has 1 aromatic rings. The van der Waals surface area contributed by atoms with Crippen LogP contribution in [0, 0.1) is 0 Å². The minimum Gasteiger partial charge on any atom is -0.385 e. The second-order valence-corrected chi connectivity index (χ2v) is 3.76. The molecule has 0 heterocycles. The minimum absolute atomic E-state index is 0.912. The molecule has 2 heteroatoms. The van der Waals surface area contributed by atoms with Gasteiger partial charge >= 0.3 is 0 Å². The molecule has 0 amide bonds. The Morgan fingerprint density at radius 1 is 1.19 bits per heavy atom. The van der Waals surface area contributed by atoms with E-state index in [9.17, 15) is 9.50 Å². The molecule has 0 saturated carbocycles. The number of rotatable bonds is 2. The standard InChI is InChI=1S/C14H13FO/c15-14(10-5-4-8-13(14)16)11-9-12-6-2-1-3-7-12/h1-11,13,16H. The molecule has 1 nitrogen and oxygen atoms in total. The summed E-state index contributed by atoms with van der Waals surface area (Å²) in [6.07, 6.45) is 7.98. The highest BCUT2D eigenvalue weighted by Crippen LogP contribution is 2.25. The molecule has 0 fully saturated rings. The zero-order chi connectivity index (χ0) is 11.4. The average molecular weight is 216 g/mol. The van der Waals surface area contributed by atoms with Gasteiger partial charge in [0.2, 0.25) is 0 Å². The molecule has 82 valence electrons. The van der Waals surface area contributed by atoms with Crippen molar-refractivity contribution in [1.29, 1.82) is 0 Å². The van der Waals surface area contributed by atoms with Crippen LogP contribution in [0.25, 0.3) is 6.08 Å². The monoisotopic (exact) mass is 216 g/mol. The Kier molecular flexibility index (Phi) is 3.02. The zero-order valence-electron chi connectivity index (χ0n) is 8.75. The topological polar surface area (TPSA) is 20.2 Å². The fourth-order valence-electron chi connectivity index (χ4n) is 1.56. The summed E-state index contributed by atoms with van der Waals surface area (Å²) < 4.78 is 14.2. The molecule has 0 spiro atoms. The molecular formula is C14H13FO. The van der Waals surface area contributed by atoms with E-state index in [-0.39, 0.29) is 0 Å². The van der Waals surface area contributed by atoms with Gasteiger partial charge in [-0.2, -0.15) is 0 Å². The van der Waals surface area contributed by atoms with E-state index in [1.165, 1.54) is 18.2 Å². The van der Waals surface area contributed by atoms with Crippen molar-refractivity contribution in [3.05, 3.63) is 66.3 Å². The van der Waals surface area contributed by atoms with E-state index in [2.05, 4.69) is 0 Å². The van der Waals surface area contributed by atoms with E-state index in [1.54, 1.807) is 18.2 Å². The van der Waals surface area contributed by atoms with Gasteiger partial charge in [0.25, 0.3) is 0 Å². The number of benzene rings is 1. The molecule has 1 N–H and O–H groups in total. The largest absolute Gasteiger partial charge is 0.385 e. The fraction of sp³-hybridized carbons (Fsp3) is 0.143. The van der Waals surface area contributed by atoms with E-state index >= 15 is 0 Å². The van der Waals surface area contributed by atoms with Crippen LogP contribution in [0.4, 0.5) is 4.39 Å². The first-order chi connectivity index (χ1) is 7.71. The first kappa shape index (κ1) is 10.8. The molecule has 2 rings (SSSR count). The Bertz CT molecular complexity index is 433. The van der Waals surface area contributed by atoms with Crippen molar-refractivity contribution in [1.82, 2.24) is 0 Å². The summed E-state index contributed by atoms with van der Waals surface area (Å²) in [5.41, 5.74) is -0.889. The van der Waals surface area contributed by atoms with E-state index in [0.717, 1.165) is 5.56 Å². The van der Waals surface area contributed by atoms with Crippen molar-refractivity contribution in [2.75, 3.05) is 0 Å².